The van der Waals surface area contributed by atoms with E-state index in [1.165, 1.54) is 0 Å². The van der Waals surface area contributed by atoms with Gasteiger partial charge in [0.1, 0.15) is 0 Å². The van der Waals surface area contributed by atoms with Gasteiger partial charge < -0.3 is 19.3 Å². The number of carboxylic acids is 1. The van der Waals surface area contributed by atoms with E-state index in [-0.39, 0.29) is 6.10 Å². The predicted molar refractivity (Wildman–Crippen MR) is 59.6 cm³/mol. The summed E-state index contributed by atoms with van der Waals surface area (Å²) in [5.74, 6) is -0.942. The van der Waals surface area contributed by atoms with Gasteiger partial charge in [-0.05, 0) is 20.8 Å². The quantitative estimate of drug-likeness (QED) is 0.617. The van der Waals surface area contributed by atoms with Gasteiger partial charge >= 0.3 is 5.97 Å². The summed E-state index contributed by atoms with van der Waals surface area (Å²) in [6, 6.07) is 0. The zero-order valence-corrected chi connectivity index (χ0v) is 10.3. The number of carboxylic acid groups (broad SMARTS) is 1. The maximum Gasteiger partial charge on any atom is 0.332 e. The van der Waals surface area contributed by atoms with Crippen LogP contribution in [0.1, 0.15) is 27.2 Å². The zero-order chi connectivity index (χ0) is 12.4. The van der Waals surface area contributed by atoms with Crippen molar-refractivity contribution in [1.82, 2.24) is 0 Å². The third-order valence-electron chi connectivity index (χ3n) is 1.98. The van der Waals surface area contributed by atoms with Gasteiger partial charge in [-0.25, -0.2) is 4.79 Å². The molecule has 2 unspecified atom stereocenters. The molecule has 0 amide bonds. The van der Waals surface area contributed by atoms with Crippen molar-refractivity contribution in [2.75, 3.05) is 26.4 Å². The maximum atomic E-state index is 10.7. The third-order valence-corrected chi connectivity index (χ3v) is 1.98. The highest BCUT2D eigenvalue weighted by Crippen LogP contribution is 2.02. The highest BCUT2D eigenvalue weighted by Gasteiger charge is 2.17. The highest BCUT2D eigenvalue weighted by molar-refractivity contribution is 5.72. The van der Waals surface area contributed by atoms with Crippen LogP contribution in [0.4, 0.5) is 0 Å². The number of ether oxygens (including phenoxy) is 3. The van der Waals surface area contributed by atoms with Crippen molar-refractivity contribution < 1.29 is 24.1 Å². The average Bonchev–Trinajstić information content (AvgIpc) is 2.25. The monoisotopic (exact) mass is 234 g/mol. The molecule has 0 saturated carbocycles. The van der Waals surface area contributed by atoms with E-state index in [0.29, 0.717) is 32.8 Å². The molecule has 2 atom stereocenters. The molecule has 0 bridgehead atoms. The van der Waals surface area contributed by atoms with Crippen LogP contribution < -0.4 is 0 Å². The molecule has 0 radical (unpaired) electrons. The van der Waals surface area contributed by atoms with Crippen LogP contribution in [0.5, 0.6) is 0 Å². The Morgan fingerprint density at radius 1 is 1.25 bits per heavy atom. The van der Waals surface area contributed by atoms with E-state index in [0.717, 1.165) is 0 Å². The van der Waals surface area contributed by atoms with Crippen LogP contribution in [0.25, 0.3) is 0 Å². The Morgan fingerprint density at radius 2 is 1.94 bits per heavy atom. The SMILES string of the molecule is CCOCC(C)OCCC(OCC)C(=O)O. The fourth-order valence-corrected chi connectivity index (χ4v) is 1.19. The summed E-state index contributed by atoms with van der Waals surface area (Å²) >= 11 is 0. The van der Waals surface area contributed by atoms with Gasteiger partial charge in [0.2, 0.25) is 0 Å². The first kappa shape index (κ1) is 15.3. The molecule has 0 fully saturated rings. The molecule has 0 spiro atoms. The van der Waals surface area contributed by atoms with Crippen LogP contribution in [-0.4, -0.2) is 49.7 Å². The third kappa shape index (κ3) is 7.62. The smallest absolute Gasteiger partial charge is 0.332 e. The molecule has 0 aromatic rings. The molecule has 96 valence electrons. The molecule has 1 N–H and O–H groups in total. The lowest BCUT2D eigenvalue weighted by molar-refractivity contribution is -0.151. The lowest BCUT2D eigenvalue weighted by Gasteiger charge is -2.15. The number of carbonyl (C=O) groups is 1. The van der Waals surface area contributed by atoms with Crippen LogP contribution in [0, 0.1) is 0 Å². The second-order valence-electron chi connectivity index (χ2n) is 3.41. The topological polar surface area (TPSA) is 65.0 Å². The van der Waals surface area contributed by atoms with Gasteiger partial charge in [0.25, 0.3) is 0 Å². The van der Waals surface area contributed by atoms with E-state index < -0.39 is 12.1 Å². The highest BCUT2D eigenvalue weighted by atomic mass is 16.5. The van der Waals surface area contributed by atoms with E-state index in [9.17, 15) is 4.79 Å². The molecule has 0 saturated heterocycles. The molecule has 0 aliphatic rings. The van der Waals surface area contributed by atoms with Crippen LogP contribution >= 0.6 is 0 Å². The van der Waals surface area contributed by atoms with Gasteiger partial charge in [-0.15, -0.1) is 0 Å². The maximum absolute atomic E-state index is 10.7. The number of rotatable bonds is 10. The molecule has 0 heterocycles. The van der Waals surface area contributed by atoms with Gasteiger partial charge in [-0.3, -0.25) is 0 Å². The van der Waals surface area contributed by atoms with Crippen molar-refractivity contribution in [3.8, 4) is 0 Å². The fraction of sp³-hybridized carbons (Fsp3) is 0.909. The number of hydrogen-bond acceptors (Lipinski definition) is 4. The average molecular weight is 234 g/mol. The van der Waals surface area contributed by atoms with Crippen molar-refractivity contribution in [1.29, 1.82) is 0 Å². The molecule has 0 aromatic carbocycles. The first-order chi connectivity index (χ1) is 7.61. The number of hydrogen-bond donors (Lipinski definition) is 1. The van der Waals surface area contributed by atoms with Crippen LogP contribution in [0.2, 0.25) is 0 Å². The summed E-state index contributed by atoms with van der Waals surface area (Å²) in [5.41, 5.74) is 0. The Balaban J connectivity index is 3.64. The van der Waals surface area contributed by atoms with Crippen LogP contribution in [-0.2, 0) is 19.0 Å². The normalized spacial score (nSPS) is 14.7. The van der Waals surface area contributed by atoms with E-state index in [2.05, 4.69) is 0 Å². The van der Waals surface area contributed by atoms with E-state index in [1.807, 2.05) is 13.8 Å². The summed E-state index contributed by atoms with van der Waals surface area (Å²) < 4.78 is 15.6. The van der Waals surface area contributed by atoms with Gasteiger partial charge in [-0.2, -0.15) is 0 Å². The van der Waals surface area contributed by atoms with Crippen molar-refractivity contribution >= 4 is 5.97 Å². The van der Waals surface area contributed by atoms with Crippen LogP contribution in [0.3, 0.4) is 0 Å². The van der Waals surface area contributed by atoms with Gasteiger partial charge in [0, 0.05) is 19.6 Å². The molecule has 0 aliphatic carbocycles. The van der Waals surface area contributed by atoms with Gasteiger partial charge in [0.05, 0.1) is 19.3 Å². The standard InChI is InChI=1S/C11H22O5/c1-4-14-8-9(3)16-7-6-10(11(12)13)15-5-2/h9-10H,4-8H2,1-3H3,(H,12,13). The Kier molecular flexibility index (Phi) is 9.18. The van der Waals surface area contributed by atoms with E-state index in [4.69, 9.17) is 19.3 Å². The van der Waals surface area contributed by atoms with Crippen molar-refractivity contribution in [3.63, 3.8) is 0 Å². The Labute approximate surface area is 96.7 Å². The molecule has 5 nitrogen and oxygen atoms in total. The minimum atomic E-state index is -0.942. The second kappa shape index (κ2) is 9.57. The molecule has 0 aliphatic heterocycles. The Hall–Kier alpha value is -0.650. The molecule has 16 heavy (non-hydrogen) atoms. The lowest BCUT2D eigenvalue weighted by atomic mass is 10.2. The molecular formula is C11H22O5. The first-order valence-corrected chi connectivity index (χ1v) is 5.65. The van der Waals surface area contributed by atoms with Gasteiger partial charge in [-0.1, -0.05) is 0 Å². The summed E-state index contributed by atoms with van der Waals surface area (Å²) in [7, 11) is 0. The van der Waals surface area contributed by atoms with E-state index >= 15 is 0 Å². The summed E-state index contributed by atoms with van der Waals surface area (Å²) in [6.45, 7) is 7.53. The minimum Gasteiger partial charge on any atom is -0.479 e. The van der Waals surface area contributed by atoms with Gasteiger partial charge in [0.15, 0.2) is 6.10 Å². The lowest BCUT2D eigenvalue weighted by Crippen LogP contribution is -2.27. The number of aliphatic carboxylic acids is 1. The predicted octanol–water partition coefficient (Wildman–Crippen LogP) is 1.31. The minimum absolute atomic E-state index is 0.0176. The van der Waals surface area contributed by atoms with Crippen molar-refractivity contribution in [2.45, 2.75) is 39.4 Å². The molecule has 0 aromatic heterocycles. The fourth-order valence-electron chi connectivity index (χ4n) is 1.19. The molecule has 5 heteroatoms. The molecule has 0 rings (SSSR count). The Morgan fingerprint density at radius 3 is 2.44 bits per heavy atom. The zero-order valence-electron chi connectivity index (χ0n) is 10.3. The second-order valence-corrected chi connectivity index (χ2v) is 3.41. The summed E-state index contributed by atoms with van der Waals surface area (Å²) in [5, 5.41) is 8.81. The van der Waals surface area contributed by atoms with Crippen molar-refractivity contribution in [3.05, 3.63) is 0 Å². The van der Waals surface area contributed by atoms with Crippen molar-refractivity contribution in [2.24, 2.45) is 0 Å². The summed E-state index contributed by atoms with van der Waals surface area (Å²) in [6.07, 6.45) is -0.431. The first-order valence-electron chi connectivity index (χ1n) is 5.65. The molecular weight excluding hydrogens is 212 g/mol. The summed E-state index contributed by atoms with van der Waals surface area (Å²) in [4.78, 5) is 10.7. The Bertz CT molecular complexity index is 183. The van der Waals surface area contributed by atoms with E-state index in [1.54, 1.807) is 6.92 Å². The van der Waals surface area contributed by atoms with Crippen LogP contribution in [0.15, 0.2) is 0 Å². The largest absolute Gasteiger partial charge is 0.479 e.